The van der Waals surface area contributed by atoms with Gasteiger partial charge < -0.3 is 14.2 Å². The number of piperidine rings is 1. The van der Waals surface area contributed by atoms with Crippen LogP contribution in [0.3, 0.4) is 0 Å². The van der Waals surface area contributed by atoms with E-state index in [0.717, 1.165) is 24.1 Å². The van der Waals surface area contributed by atoms with Crippen molar-refractivity contribution >= 4 is 27.5 Å². The molecule has 9 heteroatoms. The molecule has 2 amide bonds. The van der Waals surface area contributed by atoms with Gasteiger partial charge in [0.1, 0.15) is 6.26 Å². The summed E-state index contributed by atoms with van der Waals surface area (Å²) in [6, 6.07) is 6.56. The minimum absolute atomic E-state index is 0.0124. The van der Waals surface area contributed by atoms with E-state index in [9.17, 15) is 18.0 Å². The fourth-order valence-corrected chi connectivity index (χ4v) is 5.08. The topological polar surface area (TPSA) is 91.1 Å². The van der Waals surface area contributed by atoms with Crippen LogP contribution < -0.4 is 4.90 Å². The number of furan rings is 1. The van der Waals surface area contributed by atoms with Crippen LogP contribution in [0.2, 0.25) is 0 Å². The Morgan fingerprint density at radius 1 is 1.17 bits per heavy atom. The van der Waals surface area contributed by atoms with Crippen molar-refractivity contribution < 1.29 is 22.4 Å². The van der Waals surface area contributed by atoms with Crippen molar-refractivity contribution in [1.29, 1.82) is 0 Å². The lowest BCUT2D eigenvalue weighted by atomic mass is 9.96. The molecule has 0 unspecified atom stereocenters. The van der Waals surface area contributed by atoms with Gasteiger partial charge in [0.2, 0.25) is 15.9 Å². The SMILES string of the molecule is CN(C)S(=O)(=O)c1ccc2c(c1)CCN2C(=O)[C@@H]1CCCN(C(=O)c2ccoc2)C1. The fourth-order valence-electron chi connectivity index (χ4n) is 4.13. The molecule has 0 saturated carbocycles. The van der Waals surface area contributed by atoms with Crippen LogP contribution in [-0.2, 0) is 21.2 Å². The summed E-state index contributed by atoms with van der Waals surface area (Å²) < 4.78 is 31.0. The molecular formula is C21H25N3O5S. The quantitative estimate of drug-likeness (QED) is 0.738. The Morgan fingerprint density at radius 3 is 2.67 bits per heavy atom. The number of amides is 2. The molecule has 0 spiro atoms. The van der Waals surface area contributed by atoms with Crippen LogP contribution in [0.5, 0.6) is 0 Å². The monoisotopic (exact) mass is 431 g/mol. The molecule has 0 aliphatic carbocycles. The zero-order valence-corrected chi connectivity index (χ0v) is 17.9. The third-order valence-electron chi connectivity index (χ3n) is 5.82. The third kappa shape index (κ3) is 3.63. The van der Waals surface area contributed by atoms with E-state index >= 15 is 0 Å². The second-order valence-electron chi connectivity index (χ2n) is 7.92. The van der Waals surface area contributed by atoms with Crippen LogP contribution in [0.4, 0.5) is 5.69 Å². The summed E-state index contributed by atoms with van der Waals surface area (Å²) in [7, 11) is -0.521. The van der Waals surface area contributed by atoms with E-state index in [1.807, 2.05) is 0 Å². The minimum atomic E-state index is -3.52. The number of nitrogens with zero attached hydrogens (tertiary/aromatic N) is 3. The molecule has 1 aromatic carbocycles. The Morgan fingerprint density at radius 2 is 1.97 bits per heavy atom. The number of sulfonamides is 1. The first-order chi connectivity index (χ1) is 14.3. The van der Waals surface area contributed by atoms with E-state index in [1.54, 1.807) is 34.1 Å². The summed E-state index contributed by atoms with van der Waals surface area (Å²) >= 11 is 0. The van der Waals surface area contributed by atoms with Gasteiger partial charge in [-0.15, -0.1) is 0 Å². The lowest BCUT2D eigenvalue weighted by Crippen LogP contribution is -2.46. The highest BCUT2D eigenvalue weighted by Crippen LogP contribution is 2.33. The minimum Gasteiger partial charge on any atom is -0.472 e. The molecule has 0 bridgehead atoms. The number of anilines is 1. The lowest BCUT2D eigenvalue weighted by molar-refractivity contribution is -0.123. The molecule has 1 fully saturated rings. The van der Waals surface area contributed by atoms with Crippen molar-refractivity contribution in [2.24, 2.45) is 5.92 Å². The van der Waals surface area contributed by atoms with Crippen LogP contribution >= 0.6 is 0 Å². The molecule has 1 aromatic heterocycles. The average Bonchev–Trinajstić information content (AvgIpc) is 3.42. The normalized spacial score (nSPS) is 19.2. The Bertz CT molecular complexity index is 1060. The molecule has 2 aliphatic heterocycles. The number of likely N-dealkylation sites (tertiary alicyclic amines) is 1. The highest BCUT2D eigenvalue weighted by Gasteiger charge is 2.35. The molecular weight excluding hydrogens is 406 g/mol. The number of carbonyl (C=O) groups is 2. The van der Waals surface area contributed by atoms with Crippen molar-refractivity contribution in [2.45, 2.75) is 24.2 Å². The third-order valence-corrected chi connectivity index (χ3v) is 7.63. The molecule has 160 valence electrons. The van der Waals surface area contributed by atoms with E-state index in [-0.39, 0.29) is 22.6 Å². The van der Waals surface area contributed by atoms with Gasteiger partial charge in [-0.2, -0.15) is 0 Å². The standard InChI is InChI=1S/C21H25N3O5S/c1-22(2)30(27,28)18-5-6-19-15(12-18)7-10-24(19)21(26)16-4-3-9-23(13-16)20(25)17-8-11-29-14-17/h5-6,8,11-12,14,16H,3-4,7,9-10,13H2,1-2H3/t16-/m1/s1. The molecule has 2 aliphatic rings. The van der Waals surface area contributed by atoms with E-state index in [2.05, 4.69) is 0 Å². The predicted molar refractivity (Wildman–Crippen MR) is 111 cm³/mol. The van der Waals surface area contributed by atoms with Gasteiger partial charge in [0.25, 0.3) is 5.91 Å². The first-order valence-electron chi connectivity index (χ1n) is 9.97. The number of fused-ring (bicyclic) bond motifs is 1. The number of carbonyl (C=O) groups excluding carboxylic acids is 2. The highest BCUT2D eigenvalue weighted by molar-refractivity contribution is 7.89. The molecule has 1 saturated heterocycles. The van der Waals surface area contributed by atoms with Gasteiger partial charge in [-0.3, -0.25) is 9.59 Å². The first kappa shape index (κ1) is 20.6. The maximum atomic E-state index is 13.3. The Balaban J connectivity index is 1.51. The molecule has 30 heavy (non-hydrogen) atoms. The molecule has 8 nitrogen and oxygen atoms in total. The van der Waals surface area contributed by atoms with Crippen molar-refractivity contribution in [2.75, 3.05) is 38.6 Å². The van der Waals surface area contributed by atoms with E-state index < -0.39 is 10.0 Å². The summed E-state index contributed by atoms with van der Waals surface area (Å²) in [4.78, 5) is 29.5. The van der Waals surface area contributed by atoms with Gasteiger partial charge >= 0.3 is 0 Å². The van der Waals surface area contributed by atoms with Crippen LogP contribution in [0, 0.1) is 5.92 Å². The summed E-state index contributed by atoms with van der Waals surface area (Å²) in [5.41, 5.74) is 2.11. The summed E-state index contributed by atoms with van der Waals surface area (Å²) in [5, 5.41) is 0. The molecule has 0 N–H and O–H groups in total. The van der Waals surface area contributed by atoms with Crippen molar-refractivity contribution in [3.63, 3.8) is 0 Å². The summed E-state index contributed by atoms with van der Waals surface area (Å²) in [6.45, 7) is 1.52. The van der Waals surface area contributed by atoms with E-state index in [1.165, 1.54) is 30.9 Å². The largest absolute Gasteiger partial charge is 0.472 e. The molecule has 0 radical (unpaired) electrons. The molecule has 4 rings (SSSR count). The molecule has 3 heterocycles. The second kappa shape index (κ2) is 7.88. The highest BCUT2D eigenvalue weighted by atomic mass is 32.2. The number of benzene rings is 1. The van der Waals surface area contributed by atoms with Crippen LogP contribution in [0.15, 0.2) is 46.1 Å². The smallest absolute Gasteiger partial charge is 0.257 e. The zero-order chi connectivity index (χ0) is 21.5. The average molecular weight is 432 g/mol. The number of hydrogen-bond acceptors (Lipinski definition) is 5. The van der Waals surface area contributed by atoms with Gasteiger partial charge in [0.15, 0.2) is 0 Å². The second-order valence-corrected chi connectivity index (χ2v) is 10.1. The van der Waals surface area contributed by atoms with E-state index in [4.69, 9.17) is 4.42 Å². The Hall–Kier alpha value is -2.65. The van der Waals surface area contributed by atoms with Gasteiger partial charge in [-0.1, -0.05) is 0 Å². The van der Waals surface area contributed by atoms with Gasteiger partial charge in [0, 0.05) is 39.4 Å². The van der Waals surface area contributed by atoms with Crippen LogP contribution in [-0.4, -0.2) is 63.2 Å². The number of hydrogen-bond donors (Lipinski definition) is 0. The van der Waals surface area contributed by atoms with Crippen molar-refractivity contribution in [3.05, 3.63) is 47.9 Å². The summed E-state index contributed by atoms with van der Waals surface area (Å²) in [5.74, 6) is -0.408. The van der Waals surface area contributed by atoms with Gasteiger partial charge in [0.05, 0.1) is 22.6 Å². The van der Waals surface area contributed by atoms with Gasteiger partial charge in [-0.05, 0) is 49.1 Å². The van der Waals surface area contributed by atoms with E-state index in [0.29, 0.717) is 31.6 Å². The van der Waals surface area contributed by atoms with Crippen molar-refractivity contribution in [1.82, 2.24) is 9.21 Å². The number of rotatable bonds is 4. The van der Waals surface area contributed by atoms with Crippen LogP contribution in [0.1, 0.15) is 28.8 Å². The first-order valence-corrected chi connectivity index (χ1v) is 11.4. The lowest BCUT2D eigenvalue weighted by Gasteiger charge is -2.34. The van der Waals surface area contributed by atoms with Crippen LogP contribution in [0.25, 0.3) is 0 Å². The predicted octanol–water partition coefficient (Wildman–Crippen LogP) is 1.97. The van der Waals surface area contributed by atoms with Gasteiger partial charge in [-0.25, -0.2) is 12.7 Å². The zero-order valence-electron chi connectivity index (χ0n) is 17.1. The Labute approximate surface area is 176 Å². The molecule has 2 aromatic rings. The maximum Gasteiger partial charge on any atom is 0.257 e. The fraction of sp³-hybridized carbons (Fsp3) is 0.429. The summed E-state index contributed by atoms with van der Waals surface area (Å²) in [6.07, 6.45) is 4.99. The maximum absolute atomic E-state index is 13.3. The Kier molecular flexibility index (Phi) is 5.42. The van der Waals surface area contributed by atoms with Crippen molar-refractivity contribution in [3.8, 4) is 0 Å². The molecule has 1 atom stereocenters.